The molecule has 0 spiro atoms. The molecule has 0 amide bonds. The first-order valence-corrected chi connectivity index (χ1v) is 17.9. The van der Waals surface area contributed by atoms with Crippen LogP contribution < -0.4 is 9.64 Å². The van der Waals surface area contributed by atoms with Gasteiger partial charge in [0.15, 0.2) is 18.7 Å². The van der Waals surface area contributed by atoms with E-state index in [9.17, 15) is 0 Å². The second-order valence-electron chi connectivity index (χ2n) is 15.2. The van der Waals surface area contributed by atoms with E-state index in [2.05, 4.69) is 180 Å². The van der Waals surface area contributed by atoms with Crippen molar-refractivity contribution in [3.63, 3.8) is 0 Å². The molecule has 0 saturated carbocycles. The van der Waals surface area contributed by atoms with Crippen molar-refractivity contribution in [2.24, 2.45) is 0 Å². The number of hydrogen-bond acceptors (Lipinski definition) is 2. The number of rotatable bonds is 5. The highest BCUT2D eigenvalue weighted by Crippen LogP contribution is 2.50. The second kappa shape index (κ2) is 12.0. The average molecular weight is 655 g/mol. The van der Waals surface area contributed by atoms with E-state index in [4.69, 9.17) is 4.74 Å². The Morgan fingerprint density at radius 3 is 2.12 bits per heavy atom. The predicted molar refractivity (Wildman–Crippen MR) is 210 cm³/mol. The van der Waals surface area contributed by atoms with Gasteiger partial charge in [0.1, 0.15) is 11.2 Å². The minimum absolute atomic E-state index is 0.151. The Kier molecular flexibility index (Phi) is 7.66. The third-order valence-electron chi connectivity index (χ3n) is 11.3. The highest BCUT2D eigenvalue weighted by atomic mass is 16.5. The zero-order chi connectivity index (χ0) is 34.8. The molecule has 0 saturated heterocycles. The summed E-state index contributed by atoms with van der Waals surface area (Å²) < 4.78 is 9.17. The molecule has 5 aromatic rings. The predicted octanol–water partition coefficient (Wildman–Crippen LogP) is 11.4. The van der Waals surface area contributed by atoms with E-state index in [0.29, 0.717) is 0 Å². The number of aryl methyl sites for hydroxylation is 1. The van der Waals surface area contributed by atoms with Gasteiger partial charge >= 0.3 is 0 Å². The van der Waals surface area contributed by atoms with Crippen LogP contribution in [0.5, 0.6) is 5.75 Å². The molecule has 2 heterocycles. The maximum Gasteiger partial charge on any atom is 0.286 e. The van der Waals surface area contributed by atoms with Crippen molar-refractivity contribution in [2.45, 2.75) is 64.7 Å². The summed E-state index contributed by atoms with van der Waals surface area (Å²) in [5.41, 5.74) is 11.1. The van der Waals surface area contributed by atoms with Gasteiger partial charge in [0.05, 0.1) is 17.2 Å². The first kappa shape index (κ1) is 32.0. The topological polar surface area (TPSA) is 15.5 Å². The molecule has 0 fully saturated rings. The van der Waals surface area contributed by atoms with Gasteiger partial charge < -0.3 is 9.64 Å². The fraction of sp³-hybridized carbons (Fsp3) is 0.255. The summed E-state index contributed by atoms with van der Waals surface area (Å²) in [6.45, 7) is 11.5. The van der Waals surface area contributed by atoms with Crippen LogP contribution >= 0.6 is 0 Å². The molecule has 3 nitrogen and oxygen atoms in total. The van der Waals surface area contributed by atoms with E-state index >= 15 is 0 Å². The third kappa shape index (κ3) is 5.11. The first-order chi connectivity index (χ1) is 24.1. The normalized spacial score (nSPS) is 19.6. The second-order valence-corrected chi connectivity index (χ2v) is 15.2. The fourth-order valence-corrected chi connectivity index (χ4v) is 8.70. The minimum atomic E-state index is -0.175. The number of nitrogens with zero attached hydrogens (tertiary/aromatic N) is 2. The maximum absolute atomic E-state index is 6.83. The Bertz CT molecular complexity index is 2340. The molecule has 0 atom stereocenters. The lowest BCUT2D eigenvalue weighted by atomic mass is 9.78. The lowest BCUT2D eigenvalue weighted by Gasteiger charge is -2.24. The monoisotopic (exact) mass is 654 g/mol. The van der Waals surface area contributed by atoms with Gasteiger partial charge in [-0.3, -0.25) is 0 Å². The summed E-state index contributed by atoms with van der Waals surface area (Å²) in [5, 5.41) is 5.21. The van der Waals surface area contributed by atoms with Crippen LogP contribution in [0.2, 0.25) is 0 Å². The Hall–Kier alpha value is -5.24. The van der Waals surface area contributed by atoms with Crippen LogP contribution in [0.15, 0.2) is 138 Å². The number of hydrogen-bond donors (Lipinski definition) is 0. The van der Waals surface area contributed by atoms with Crippen LogP contribution in [-0.4, -0.2) is 24.4 Å². The smallest absolute Gasteiger partial charge is 0.286 e. The summed E-state index contributed by atoms with van der Waals surface area (Å²) in [5.74, 6) is 1.78. The van der Waals surface area contributed by atoms with Gasteiger partial charge in [-0.05, 0) is 97.1 Å². The molecule has 1 aliphatic carbocycles. The van der Waals surface area contributed by atoms with Crippen LogP contribution in [0, 0.1) is 13.0 Å². The Morgan fingerprint density at radius 2 is 1.40 bits per heavy atom. The van der Waals surface area contributed by atoms with Crippen molar-refractivity contribution in [1.29, 1.82) is 0 Å². The SMILES string of the molecule is Cc1ccc(OC2=C([C+]=CC3=[N+](C)c4ccc5ccccc5c4C3(C)C)CCC/C2=C\C=C2\N(C)c3ccc4ccccc4c3C2(C)C)cc1. The number of likely N-dealkylation sites (N-methyl/N-ethyl adjacent to an activating group) is 1. The molecular formula is C47H46N2O+2. The lowest BCUT2D eigenvalue weighted by Crippen LogP contribution is -2.27. The molecule has 8 rings (SSSR count). The van der Waals surface area contributed by atoms with E-state index in [-0.39, 0.29) is 10.8 Å². The van der Waals surface area contributed by atoms with Crippen molar-refractivity contribution in [1.82, 2.24) is 0 Å². The molecule has 0 unspecified atom stereocenters. The van der Waals surface area contributed by atoms with E-state index in [1.165, 1.54) is 66.6 Å². The maximum atomic E-state index is 6.83. The quantitative estimate of drug-likeness (QED) is 0.138. The van der Waals surface area contributed by atoms with E-state index in [1.54, 1.807) is 0 Å². The highest BCUT2D eigenvalue weighted by molar-refractivity contribution is 6.07. The van der Waals surface area contributed by atoms with Crippen LogP contribution in [0.3, 0.4) is 0 Å². The van der Waals surface area contributed by atoms with Crippen molar-refractivity contribution in [3.05, 3.63) is 161 Å². The number of anilines is 1. The Morgan fingerprint density at radius 1 is 0.740 bits per heavy atom. The molecule has 0 aromatic heterocycles. The van der Waals surface area contributed by atoms with Crippen LogP contribution in [0.25, 0.3) is 21.5 Å². The summed E-state index contributed by atoms with van der Waals surface area (Å²) in [6.07, 6.45) is 13.6. The zero-order valence-corrected chi connectivity index (χ0v) is 30.4. The summed E-state index contributed by atoms with van der Waals surface area (Å²) in [7, 11) is 4.39. The van der Waals surface area contributed by atoms with Crippen LogP contribution in [0.4, 0.5) is 11.4 Å². The van der Waals surface area contributed by atoms with Gasteiger partial charge in [-0.2, -0.15) is 0 Å². The zero-order valence-electron chi connectivity index (χ0n) is 30.4. The number of fused-ring (bicyclic) bond motifs is 6. The minimum Gasteiger partial charge on any atom is -0.398 e. The molecule has 248 valence electrons. The van der Waals surface area contributed by atoms with Gasteiger partial charge in [0, 0.05) is 36.3 Å². The number of ether oxygens (including phenoxy) is 1. The fourth-order valence-electron chi connectivity index (χ4n) is 8.70. The first-order valence-electron chi connectivity index (χ1n) is 17.9. The molecule has 3 aliphatic rings. The molecule has 50 heavy (non-hydrogen) atoms. The largest absolute Gasteiger partial charge is 0.398 e. The van der Waals surface area contributed by atoms with Gasteiger partial charge in [-0.1, -0.05) is 86.1 Å². The number of allylic oxidation sites excluding steroid dienone is 7. The Balaban J connectivity index is 1.21. The molecule has 0 bridgehead atoms. The third-order valence-corrected chi connectivity index (χ3v) is 11.3. The highest BCUT2D eigenvalue weighted by Gasteiger charge is 2.49. The molecular weight excluding hydrogens is 609 g/mol. The summed E-state index contributed by atoms with van der Waals surface area (Å²) in [6, 6.07) is 34.9. The summed E-state index contributed by atoms with van der Waals surface area (Å²) in [4.78, 5) is 2.37. The van der Waals surface area contributed by atoms with Crippen LogP contribution in [-0.2, 0) is 10.8 Å². The molecule has 3 heteroatoms. The standard InChI is InChI=1S/C47H46N2O/c1-31-19-25-36(26-20-31)50-45-34(23-29-41-46(2,3)43-37-17-10-8-13-32(37)21-27-39(43)48(41)6)15-12-16-35(45)24-30-42-47(4,5)44-38-18-11-9-14-33(38)22-28-40(44)49(42)7/h8-11,13-14,17-23,25-30H,12,15-16H2,1-7H3/q+2. The molecule has 0 N–H and O–H groups in total. The van der Waals surface area contributed by atoms with E-state index < -0.39 is 0 Å². The van der Waals surface area contributed by atoms with E-state index in [0.717, 1.165) is 36.3 Å². The van der Waals surface area contributed by atoms with Gasteiger partial charge in [0.25, 0.3) is 5.71 Å². The van der Waals surface area contributed by atoms with Crippen molar-refractivity contribution < 1.29 is 9.31 Å². The van der Waals surface area contributed by atoms with Gasteiger partial charge in [0.2, 0.25) is 11.4 Å². The number of benzene rings is 5. The van der Waals surface area contributed by atoms with Crippen molar-refractivity contribution >= 4 is 38.6 Å². The van der Waals surface area contributed by atoms with Gasteiger partial charge in [-0.25, -0.2) is 0 Å². The van der Waals surface area contributed by atoms with Crippen molar-refractivity contribution in [2.75, 3.05) is 19.0 Å². The molecule has 5 aromatic carbocycles. The van der Waals surface area contributed by atoms with Gasteiger partial charge in [-0.15, -0.1) is 4.58 Å². The van der Waals surface area contributed by atoms with Crippen LogP contribution in [0.1, 0.15) is 63.6 Å². The molecule has 2 aliphatic heterocycles. The van der Waals surface area contributed by atoms with E-state index in [1.807, 2.05) is 0 Å². The average Bonchev–Trinajstić information content (AvgIpc) is 3.44. The summed E-state index contributed by atoms with van der Waals surface area (Å²) >= 11 is 0. The lowest BCUT2D eigenvalue weighted by molar-refractivity contribution is -0.401. The molecule has 0 radical (unpaired) electrons. The van der Waals surface area contributed by atoms with Crippen molar-refractivity contribution in [3.8, 4) is 5.75 Å². The Labute approximate surface area is 297 Å².